The molecule has 282 valence electrons. The van der Waals surface area contributed by atoms with Gasteiger partial charge in [-0.2, -0.15) is 0 Å². The molecule has 0 aliphatic carbocycles. The average molecular weight is 818 g/mol. The van der Waals surface area contributed by atoms with E-state index < -0.39 is 23.3 Å². The maximum atomic E-state index is 13.1. The van der Waals surface area contributed by atoms with Crippen LogP contribution in [0.5, 0.6) is 23.0 Å². The highest BCUT2D eigenvalue weighted by atomic mass is 35.5. The maximum absolute atomic E-state index is 13.1. The van der Waals surface area contributed by atoms with Gasteiger partial charge in [0, 0.05) is 24.3 Å². The van der Waals surface area contributed by atoms with E-state index in [1.54, 1.807) is 36.4 Å². The summed E-state index contributed by atoms with van der Waals surface area (Å²) in [6, 6.07) is 15.5. The second-order valence-corrected chi connectivity index (χ2v) is 12.5. The zero-order chi connectivity index (χ0) is 39.7. The number of allylic oxidation sites excluding steroid dienone is 2. The molecule has 0 unspecified atom stereocenters. The molecule has 0 bridgehead atoms. The smallest absolute Gasteiger partial charge is 0.279 e. The maximum Gasteiger partial charge on any atom is 0.279 e. The van der Waals surface area contributed by atoms with Gasteiger partial charge in [0.05, 0.1) is 59.9 Å². The van der Waals surface area contributed by atoms with Crippen LogP contribution < -0.4 is 29.6 Å². The van der Waals surface area contributed by atoms with Crippen LogP contribution >= 0.6 is 46.4 Å². The highest BCUT2D eigenvalue weighted by Crippen LogP contribution is 2.39. The Labute approximate surface area is 329 Å². The van der Waals surface area contributed by atoms with Gasteiger partial charge >= 0.3 is 0 Å². The molecule has 0 fully saturated rings. The zero-order valence-electron chi connectivity index (χ0n) is 29.4. The number of carbonyl (C=O) groups excluding carboxylic acids is 2. The lowest BCUT2D eigenvalue weighted by Crippen LogP contribution is -2.15. The quantitative estimate of drug-likeness (QED) is 0.0583. The molecule has 0 spiro atoms. The van der Waals surface area contributed by atoms with Gasteiger partial charge in [0.15, 0.2) is 11.4 Å². The number of rotatable bonds is 13. The Kier molecular flexibility index (Phi) is 14.1. The molecule has 0 aliphatic rings. The second-order valence-electron chi connectivity index (χ2n) is 10.9. The molecule has 4 rings (SSSR count). The molecule has 0 radical (unpaired) electrons. The van der Waals surface area contributed by atoms with Gasteiger partial charge < -0.3 is 39.8 Å². The number of benzene rings is 4. The molecule has 54 heavy (non-hydrogen) atoms. The lowest BCUT2D eigenvalue weighted by atomic mass is 10.1. The third kappa shape index (κ3) is 9.90. The number of anilines is 2. The van der Waals surface area contributed by atoms with Gasteiger partial charge in [-0.25, -0.2) is 0 Å². The Morgan fingerprint density at radius 2 is 0.889 bits per heavy atom. The fourth-order valence-electron chi connectivity index (χ4n) is 4.59. The van der Waals surface area contributed by atoms with E-state index >= 15 is 0 Å². The van der Waals surface area contributed by atoms with Crippen LogP contribution in [0.15, 0.2) is 104 Å². The van der Waals surface area contributed by atoms with Crippen molar-refractivity contribution in [2.24, 2.45) is 20.5 Å². The molecule has 4 aromatic carbocycles. The third-order valence-corrected chi connectivity index (χ3v) is 8.50. The summed E-state index contributed by atoms with van der Waals surface area (Å²) >= 11 is 25.4. The lowest BCUT2D eigenvalue weighted by Gasteiger charge is -2.13. The first-order chi connectivity index (χ1) is 25.7. The minimum absolute atomic E-state index is 0.171. The predicted molar refractivity (Wildman–Crippen MR) is 208 cm³/mol. The number of methoxy groups -OCH3 is 4. The molecule has 0 saturated carbocycles. The van der Waals surface area contributed by atoms with Crippen molar-refractivity contribution in [3.63, 3.8) is 0 Å². The van der Waals surface area contributed by atoms with Crippen molar-refractivity contribution in [1.82, 2.24) is 0 Å². The van der Waals surface area contributed by atoms with E-state index in [9.17, 15) is 19.8 Å². The number of amides is 2. The summed E-state index contributed by atoms with van der Waals surface area (Å²) in [6.45, 7) is 2.55. The van der Waals surface area contributed by atoms with Gasteiger partial charge in [-0.1, -0.05) is 58.5 Å². The topological polar surface area (TPSA) is 185 Å². The van der Waals surface area contributed by atoms with E-state index in [1.165, 1.54) is 66.6 Å². The highest BCUT2D eigenvalue weighted by molar-refractivity contribution is 6.34. The number of carbonyl (C=O) groups is 2. The van der Waals surface area contributed by atoms with Gasteiger partial charge in [0.1, 0.15) is 45.9 Å². The Balaban J connectivity index is 1.51. The van der Waals surface area contributed by atoms with E-state index in [1.807, 2.05) is 0 Å². The molecule has 4 aromatic rings. The molecule has 0 saturated heterocycles. The Hall–Kier alpha value is -5.54. The molecular formula is C36H32Cl4N6O8. The van der Waals surface area contributed by atoms with Crippen molar-refractivity contribution in [3.8, 4) is 34.1 Å². The average Bonchev–Trinajstić information content (AvgIpc) is 3.13. The normalized spacial score (nSPS) is 12.3. The summed E-state index contributed by atoms with van der Waals surface area (Å²) in [5.74, 6) is -1.32. The van der Waals surface area contributed by atoms with E-state index in [0.29, 0.717) is 11.1 Å². The van der Waals surface area contributed by atoms with E-state index in [-0.39, 0.29) is 77.2 Å². The first-order valence-electron chi connectivity index (χ1n) is 15.4. The van der Waals surface area contributed by atoms with Gasteiger partial charge in [-0.15, -0.1) is 20.5 Å². The fourth-order valence-corrected chi connectivity index (χ4v) is 5.48. The third-order valence-electron chi connectivity index (χ3n) is 7.30. The SMILES string of the molecule is COc1cc(NC(=O)/C(N=Nc2ccc(-c3ccc(N=N/C(C(=O)Nc4cc(OC)c(Cl)cc4OC)=C(\C)O)c(Cl)c3)cc2Cl)=C(/C)O)c(OC)cc1Cl. The summed E-state index contributed by atoms with van der Waals surface area (Å²) < 4.78 is 21.0. The van der Waals surface area contributed by atoms with E-state index in [2.05, 4.69) is 31.1 Å². The number of aliphatic hydroxyl groups excluding tert-OH is 2. The molecule has 4 N–H and O–H groups in total. The van der Waals surface area contributed by atoms with Crippen molar-refractivity contribution in [2.75, 3.05) is 39.1 Å². The molecule has 0 aromatic heterocycles. The van der Waals surface area contributed by atoms with Crippen molar-refractivity contribution in [3.05, 3.63) is 104 Å². The number of azo groups is 2. The monoisotopic (exact) mass is 816 g/mol. The Morgan fingerprint density at radius 3 is 1.19 bits per heavy atom. The number of halogens is 4. The molecule has 18 heteroatoms. The number of nitrogens with zero attached hydrogens (tertiary/aromatic N) is 4. The van der Waals surface area contributed by atoms with Crippen molar-refractivity contribution < 1.29 is 38.7 Å². The van der Waals surface area contributed by atoms with Gasteiger partial charge in [-0.05, 0) is 49.2 Å². The van der Waals surface area contributed by atoms with E-state index in [4.69, 9.17) is 65.4 Å². The number of hydrogen-bond acceptors (Lipinski definition) is 12. The van der Waals surface area contributed by atoms with Crippen molar-refractivity contribution in [2.45, 2.75) is 13.8 Å². The zero-order valence-corrected chi connectivity index (χ0v) is 32.4. The van der Waals surface area contributed by atoms with Crippen LogP contribution in [0.2, 0.25) is 20.1 Å². The minimum atomic E-state index is -0.791. The van der Waals surface area contributed by atoms with Crippen LogP contribution in [0.4, 0.5) is 22.7 Å². The number of ether oxygens (including phenoxy) is 4. The van der Waals surface area contributed by atoms with Gasteiger partial charge in [-0.3, -0.25) is 9.59 Å². The minimum Gasteiger partial charge on any atom is -0.510 e. The molecule has 14 nitrogen and oxygen atoms in total. The Morgan fingerprint density at radius 1 is 0.537 bits per heavy atom. The van der Waals surface area contributed by atoms with Crippen LogP contribution in [0.25, 0.3) is 11.1 Å². The van der Waals surface area contributed by atoms with Gasteiger partial charge in [0.2, 0.25) is 0 Å². The summed E-state index contributed by atoms with van der Waals surface area (Å²) in [4.78, 5) is 26.1. The van der Waals surface area contributed by atoms with Gasteiger partial charge in [0.25, 0.3) is 11.8 Å². The summed E-state index contributed by atoms with van der Waals surface area (Å²) in [6.07, 6.45) is 0. The fraction of sp³-hybridized carbons (Fsp3) is 0.167. The van der Waals surface area contributed by atoms with Crippen molar-refractivity contribution >= 4 is 81.0 Å². The highest BCUT2D eigenvalue weighted by Gasteiger charge is 2.20. The Bertz CT molecular complexity index is 2060. The molecule has 0 aliphatic heterocycles. The number of aliphatic hydroxyl groups is 2. The lowest BCUT2D eigenvalue weighted by molar-refractivity contribution is -0.113. The van der Waals surface area contributed by atoms with Crippen LogP contribution in [0.3, 0.4) is 0 Å². The standard InChI is InChI=1S/C36H32Cl4N6O8/c1-17(47)33(35(49)41-27-15-29(51-3)23(39)13-31(27)53-5)45-43-25-9-7-19(11-21(25)37)20-8-10-26(22(38)12-20)44-46-34(18(2)48)36(50)42-28-16-30(52-4)24(40)14-32(28)54-6/h7-16,47-48H,1-6H3,(H,41,49)(H,42,50)/b33-17+,34-18+,45-43?,46-44?. The molecular weight excluding hydrogens is 786 g/mol. The van der Waals surface area contributed by atoms with Crippen LogP contribution in [-0.2, 0) is 9.59 Å². The van der Waals surface area contributed by atoms with E-state index in [0.717, 1.165) is 0 Å². The first-order valence-corrected chi connectivity index (χ1v) is 16.9. The summed E-state index contributed by atoms with van der Waals surface area (Å²) in [5, 5.41) is 42.6. The molecule has 0 heterocycles. The van der Waals surface area contributed by atoms with Crippen LogP contribution in [0, 0.1) is 0 Å². The second kappa shape index (κ2) is 18.5. The number of hydrogen-bond donors (Lipinski definition) is 4. The molecule has 2 amide bonds. The predicted octanol–water partition coefficient (Wildman–Crippen LogP) is 11.0. The van der Waals surface area contributed by atoms with Crippen molar-refractivity contribution in [1.29, 1.82) is 0 Å². The first kappa shape index (κ1) is 41.2. The van der Waals surface area contributed by atoms with Crippen LogP contribution in [0.1, 0.15) is 13.8 Å². The summed E-state index contributed by atoms with van der Waals surface area (Å²) in [7, 11) is 5.64. The number of nitrogens with one attached hydrogen (secondary N) is 2. The molecule has 0 atom stereocenters. The largest absolute Gasteiger partial charge is 0.510 e. The summed E-state index contributed by atoms with van der Waals surface area (Å²) in [5.41, 5.74) is 1.32. The van der Waals surface area contributed by atoms with Crippen LogP contribution in [-0.4, -0.2) is 50.5 Å².